The van der Waals surface area contributed by atoms with Crippen LogP contribution in [0, 0.1) is 0 Å². The van der Waals surface area contributed by atoms with E-state index in [0.29, 0.717) is 11.3 Å². The van der Waals surface area contributed by atoms with Gasteiger partial charge in [-0.2, -0.15) is 13.2 Å². The van der Waals surface area contributed by atoms with E-state index in [0.717, 1.165) is 25.9 Å². The van der Waals surface area contributed by atoms with E-state index in [1.54, 1.807) is 35.1 Å². The van der Waals surface area contributed by atoms with Gasteiger partial charge in [-0.05, 0) is 50.0 Å². The molecule has 27 heavy (non-hydrogen) atoms. The van der Waals surface area contributed by atoms with Crippen LogP contribution in [0.2, 0.25) is 0 Å². The summed E-state index contributed by atoms with van der Waals surface area (Å²) in [6, 6.07) is 6.62. The van der Waals surface area contributed by atoms with Crippen molar-refractivity contribution in [2.75, 3.05) is 18.4 Å². The molecule has 1 aliphatic heterocycles. The van der Waals surface area contributed by atoms with Crippen molar-refractivity contribution in [3.05, 3.63) is 41.7 Å². The zero-order chi connectivity index (χ0) is 18.6. The van der Waals surface area contributed by atoms with Crippen LogP contribution in [0.5, 0.6) is 0 Å². The van der Waals surface area contributed by atoms with E-state index in [2.05, 4.69) is 20.9 Å². The maximum absolute atomic E-state index is 12.3. The van der Waals surface area contributed by atoms with Crippen LogP contribution < -0.4 is 10.6 Å². The highest BCUT2D eigenvalue weighted by molar-refractivity contribution is 6.02. The number of alkyl halides is 3. The topological polar surface area (TPSA) is 71.8 Å². The van der Waals surface area contributed by atoms with Gasteiger partial charge in [-0.1, -0.05) is 17.3 Å². The molecule has 1 aromatic heterocycles. The van der Waals surface area contributed by atoms with Crippen molar-refractivity contribution in [1.82, 2.24) is 20.3 Å². The van der Waals surface area contributed by atoms with Crippen molar-refractivity contribution in [3.63, 3.8) is 0 Å². The van der Waals surface area contributed by atoms with Crippen molar-refractivity contribution < 1.29 is 18.0 Å². The summed E-state index contributed by atoms with van der Waals surface area (Å²) in [6.45, 7) is 1.80. The Balaban J connectivity index is 0.00000261. The smallest absolute Gasteiger partial charge is 0.321 e. The molecule has 0 bridgehead atoms. The van der Waals surface area contributed by atoms with E-state index >= 15 is 0 Å². The molecule has 1 aliphatic rings. The number of hydrogen-bond acceptors (Lipinski definition) is 4. The summed E-state index contributed by atoms with van der Waals surface area (Å²) < 4.78 is 38.7. The Hall–Kier alpha value is -2.13. The molecule has 3 rings (SSSR count). The first-order chi connectivity index (χ1) is 12.4. The number of nitrogens with one attached hydrogen (secondary N) is 2. The highest BCUT2D eigenvalue weighted by Crippen LogP contribution is 2.23. The number of amides is 1. The van der Waals surface area contributed by atoms with Gasteiger partial charge in [-0.3, -0.25) is 4.79 Å². The minimum absolute atomic E-state index is 0. The van der Waals surface area contributed by atoms with E-state index in [4.69, 9.17) is 0 Å². The Morgan fingerprint density at radius 3 is 2.74 bits per heavy atom. The normalized spacial score (nSPS) is 15.2. The fourth-order valence-corrected chi connectivity index (χ4v) is 2.92. The number of carbonyl (C=O) groups is 1. The van der Waals surface area contributed by atoms with Gasteiger partial charge in [0.05, 0.1) is 12.2 Å². The maximum atomic E-state index is 12.3. The van der Waals surface area contributed by atoms with Crippen LogP contribution in [0.3, 0.4) is 0 Å². The minimum atomic E-state index is -4.20. The van der Waals surface area contributed by atoms with Crippen molar-refractivity contribution in [2.45, 2.75) is 37.9 Å². The van der Waals surface area contributed by atoms with Gasteiger partial charge >= 0.3 is 6.18 Å². The number of nitrogens with zero attached hydrogens (tertiary/aromatic N) is 3. The third-order valence-electron chi connectivity index (χ3n) is 4.31. The second kappa shape index (κ2) is 9.18. The lowest BCUT2D eigenvalue weighted by Gasteiger charge is -2.22. The number of anilines is 1. The molecule has 0 saturated carbocycles. The SMILES string of the molecule is Cl.O=C(Nc1cccc(CCC(F)(F)F)c1)c1cn(C2CCNCC2)nn1. The summed E-state index contributed by atoms with van der Waals surface area (Å²) in [5.74, 6) is -0.432. The third kappa shape index (κ3) is 6.21. The Kier molecular flexibility index (Phi) is 7.20. The molecule has 1 saturated heterocycles. The highest BCUT2D eigenvalue weighted by Gasteiger charge is 2.26. The van der Waals surface area contributed by atoms with Crippen molar-refractivity contribution >= 4 is 24.0 Å². The molecular formula is C17H21ClF3N5O. The molecule has 2 heterocycles. The molecular weight excluding hydrogens is 383 g/mol. The average Bonchev–Trinajstić information content (AvgIpc) is 3.11. The molecule has 2 N–H and O–H groups in total. The molecule has 0 aliphatic carbocycles. The maximum Gasteiger partial charge on any atom is 0.389 e. The zero-order valence-electron chi connectivity index (χ0n) is 14.5. The van der Waals surface area contributed by atoms with E-state index in [1.807, 2.05) is 0 Å². The van der Waals surface area contributed by atoms with E-state index < -0.39 is 18.5 Å². The second-order valence-electron chi connectivity index (χ2n) is 6.33. The number of hydrogen-bond donors (Lipinski definition) is 2. The predicted molar refractivity (Wildman–Crippen MR) is 97.2 cm³/mol. The lowest BCUT2D eigenvalue weighted by atomic mass is 10.1. The number of halogens is 4. The van der Waals surface area contributed by atoms with Gasteiger partial charge in [0.25, 0.3) is 5.91 Å². The molecule has 148 valence electrons. The monoisotopic (exact) mass is 403 g/mol. The predicted octanol–water partition coefficient (Wildman–Crippen LogP) is 3.37. The number of piperidine rings is 1. The van der Waals surface area contributed by atoms with Crippen LogP contribution in [0.25, 0.3) is 0 Å². The van der Waals surface area contributed by atoms with Gasteiger partial charge in [0.1, 0.15) is 0 Å². The number of rotatable bonds is 5. The van der Waals surface area contributed by atoms with Gasteiger partial charge in [0, 0.05) is 12.1 Å². The lowest BCUT2D eigenvalue weighted by molar-refractivity contribution is -0.134. The van der Waals surface area contributed by atoms with Gasteiger partial charge in [-0.15, -0.1) is 17.5 Å². The molecule has 2 aromatic rings. The Labute approximate surface area is 160 Å². The van der Waals surface area contributed by atoms with E-state index in [9.17, 15) is 18.0 Å². The molecule has 0 unspecified atom stereocenters. The largest absolute Gasteiger partial charge is 0.389 e. The summed E-state index contributed by atoms with van der Waals surface area (Å²) in [6.07, 6.45) is -1.77. The van der Waals surface area contributed by atoms with Crippen LogP contribution in [0.4, 0.5) is 18.9 Å². The van der Waals surface area contributed by atoms with Crippen LogP contribution in [-0.2, 0) is 6.42 Å². The standard InChI is InChI=1S/C17H20F3N5O.ClH/c18-17(19,20)7-4-12-2-1-3-13(10-12)22-16(26)15-11-25(24-23-15)14-5-8-21-9-6-14;/h1-3,10-11,14,21H,4-9H2,(H,22,26);1H. The van der Waals surface area contributed by atoms with Crippen molar-refractivity contribution in [1.29, 1.82) is 0 Å². The molecule has 1 fully saturated rings. The number of carbonyl (C=O) groups excluding carboxylic acids is 1. The average molecular weight is 404 g/mol. The lowest BCUT2D eigenvalue weighted by Crippen LogP contribution is -2.29. The zero-order valence-corrected chi connectivity index (χ0v) is 15.3. The van der Waals surface area contributed by atoms with Crippen molar-refractivity contribution in [3.8, 4) is 0 Å². The van der Waals surface area contributed by atoms with Gasteiger partial charge in [0.2, 0.25) is 0 Å². The molecule has 0 spiro atoms. The summed E-state index contributed by atoms with van der Waals surface area (Å²) in [4.78, 5) is 12.3. The van der Waals surface area contributed by atoms with Gasteiger partial charge in [-0.25, -0.2) is 4.68 Å². The number of aryl methyl sites for hydroxylation is 1. The van der Waals surface area contributed by atoms with Crippen LogP contribution in [-0.4, -0.2) is 40.2 Å². The first-order valence-electron chi connectivity index (χ1n) is 8.50. The molecule has 6 nitrogen and oxygen atoms in total. The van der Waals surface area contributed by atoms with Crippen molar-refractivity contribution in [2.24, 2.45) is 0 Å². The molecule has 1 amide bonds. The van der Waals surface area contributed by atoms with Gasteiger partial charge in [0.15, 0.2) is 5.69 Å². The molecule has 10 heteroatoms. The third-order valence-corrected chi connectivity index (χ3v) is 4.31. The first kappa shape index (κ1) is 21.2. The second-order valence-corrected chi connectivity index (χ2v) is 6.33. The Morgan fingerprint density at radius 2 is 2.04 bits per heavy atom. The van der Waals surface area contributed by atoms with Crippen LogP contribution >= 0.6 is 12.4 Å². The Bertz CT molecular complexity index is 759. The molecule has 0 atom stereocenters. The number of aromatic nitrogens is 3. The number of benzene rings is 1. The summed E-state index contributed by atoms with van der Waals surface area (Å²) in [7, 11) is 0. The van der Waals surface area contributed by atoms with Crippen LogP contribution in [0.15, 0.2) is 30.5 Å². The minimum Gasteiger partial charge on any atom is -0.321 e. The summed E-state index contributed by atoms with van der Waals surface area (Å²) in [5, 5.41) is 13.9. The summed E-state index contributed by atoms with van der Waals surface area (Å²) in [5.41, 5.74) is 1.13. The molecule has 1 aromatic carbocycles. The van der Waals surface area contributed by atoms with E-state index in [-0.39, 0.29) is 30.6 Å². The van der Waals surface area contributed by atoms with Crippen LogP contribution in [0.1, 0.15) is 41.4 Å². The Morgan fingerprint density at radius 1 is 1.30 bits per heavy atom. The molecule has 0 radical (unpaired) electrons. The fourth-order valence-electron chi connectivity index (χ4n) is 2.92. The highest BCUT2D eigenvalue weighted by atomic mass is 35.5. The fraction of sp³-hybridized carbons (Fsp3) is 0.471. The van der Waals surface area contributed by atoms with Gasteiger partial charge < -0.3 is 10.6 Å². The first-order valence-corrected chi connectivity index (χ1v) is 8.50. The summed E-state index contributed by atoms with van der Waals surface area (Å²) >= 11 is 0. The quantitative estimate of drug-likeness (QED) is 0.803. The van der Waals surface area contributed by atoms with E-state index in [1.165, 1.54) is 0 Å².